The fraction of sp³-hybridized carbons (Fsp3) is 0.172. The van der Waals surface area contributed by atoms with Crippen molar-refractivity contribution >= 4 is 55.7 Å². The van der Waals surface area contributed by atoms with Gasteiger partial charge in [-0.15, -0.1) is 0 Å². The molecule has 4 nitrogen and oxygen atoms in total. The van der Waals surface area contributed by atoms with Gasteiger partial charge in [0.2, 0.25) is 0 Å². The number of carbonyl (C=O) groups is 2. The van der Waals surface area contributed by atoms with Gasteiger partial charge in [0.25, 0.3) is 11.1 Å². The molecular formula is C29H25BrN2O2S. The van der Waals surface area contributed by atoms with Gasteiger partial charge >= 0.3 is 0 Å². The van der Waals surface area contributed by atoms with Crippen molar-refractivity contribution in [3.63, 3.8) is 0 Å². The van der Waals surface area contributed by atoms with Crippen LogP contribution in [0.1, 0.15) is 33.6 Å². The van der Waals surface area contributed by atoms with E-state index in [-0.39, 0.29) is 17.7 Å². The van der Waals surface area contributed by atoms with Crippen LogP contribution in [-0.4, -0.2) is 20.6 Å². The maximum absolute atomic E-state index is 13.3. The molecule has 3 aromatic carbocycles. The number of aryl methyl sites for hydroxylation is 3. The molecule has 0 unspecified atom stereocenters. The van der Waals surface area contributed by atoms with Crippen LogP contribution in [0.15, 0.2) is 70.0 Å². The highest BCUT2D eigenvalue weighted by atomic mass is 79.9. The molecule has 1 aromatic heterocycles. The smallest absolute Gasteiger partial charge is 0.293 e. The van der Waals surface area contributed by atoms with Crippen molar-refractivity contribution in [1.29, 1.82) is 0 Å². The molecule has 2 heterocycles. The first-order valence-electron chi connectivity index (χ1n) is 11.4. The number of benzene rings is 3. The number of carbonyl (C=O) groups excluding carboxylic acids is 2. The molecule has 0 atom stereocenters. The van der Waals surface area contributed by atoms with Crippen LogP contribution in [0.4, 0.5) is 4.79 Å². The number of fused-ring (bicyclic) bond motifs is 1. The Labute approximate surface area is 217 Å². The zero-order valence-electron chi connectivity index (χ0n) is 20.1. The third-order valence-corrected chi connectivity index (χ3v) is 8.68. The maximum atomic E-state index is 13.3. The number of nitrogens with zero attached hydrogens (tertiary/aromatic N) is 2. The van der Waals surface area contributed by atoms with Crippen molar-refractivity contribution in [2.24, 2.45) is 0 Å². The largest absolute Gasteiger partial charge is 0.318 e. The predicted octanol–water partition coefficient (Wildman–Crippen LogP) is 7.86. The number of hydrogen-bond acceptors (Lipinski definition) is 3. The summed E-state index contributed by atoms with van der Waals surface area (Å²) < 4.78 is 3.31. The van der Waals surface area contributed by atoms with E-state index in [0.29, 0.717) is 4.91 Å². The van der Waals surface area contributed by atoms with Crippen molar-refractivity contribution in [1.82, 2.24) is 9.47 Å². The van der Waals surface area contributed by atoms with E-state index < -0.39 is 0 Å². The van der Waals surface area contributed by atoms with Crippen molar-refractivity contribution in [3.8, 4) is 5.69 Å². The number of halogens is 1. The molecule has 1 fully saturated rings. The van der Waals surface area contributed by atoms with Gasteiger partial charge in [0.1, 0.15) is 0 Å². The third-order valence-electron chi connectivity index (χ3n) is 6.52. The molecule has 0 radical (unpaired) electrons. The Kier molecular flexibility index (Phi) is 6.20. The summed E-state index contributed by atoms with van der Waals surface area (Å²) in [4.78, 5) is 27.9. The van der Waals surface area contributed by atoms with Crippen LogP contribution in [-0.2, 0) is 11.3 Å². The van der Waals surface area contributed by atoms with Crippen LogP contribution in [0, 0.1) is 27.7 Å². The summed E-state index contributed by atoms with van der Waals surface area (Å²) in [6.45, 7) is 8.54. The average Bonchev–Trinajstić information content (AvgIpc) is 3.26. The van der Waals surface area contributed by atoms with Gasteiger partial charge < -0.3 is 4.57 Å². The van der Waals surface area contributed by atoms with Gasteiger partial charge in [-0.2, -0.15) is 0 Å². The van der Waals surface area contributed by atoms with E-state index in [2.05, 4.69) is 59.5 Å². The normalized spacial score (nSPS) is 15.1. The summed E-state index contributed by atoms with van der Waals surface area (Å²) in [6.07, 6.45) is 1.85. The van der Waals surface area contributed by atoms with E-state index in [9.17, 15) is 9.59 Å². The van der Waals surface area contributed by atoms with E-state index in [0.717, 1.165) is 55.2 Å². The van der Waals surface area contributed by atoms with Crippen molar-refractivity contribution in [2.45, 2.75) is 34.2 Å². The lowest BCUT2D eigenvalue weighted by atomic mass is 10.0. The molecule has 35 heavy (non-hydrogen) atoms. The maximum Gasteiger partial charge on any atom is 0.293 e. The van der Waals surface area contributed by atoms with Gasteiger partial charge in [-0.3, -0.25) is 14.5 Å². The molecule has 0 N–H and O–H groups in total. The van der Waals surface area contributed by atoms with Gasteiger partial charge in [0, 0.05) is 21.5 Å². The van der Waals surface area contributed by atoms with Crippen LogP contribution in [0.2, 0.25) is 0 Å². The van der Waals surface area contributed by atoms with Crippen LogP contribution >= 0.6 is 27.7 Å². The molecule has 0 bridgehead atoms. The zero-order chi connectivity index (χ0) is 24.9. The highest BCUT2D eigenvalue weighted by molar-refractivity contribution is 9.10. The number of hydrogen-bond donors (Lipinski definition) is 0. The molecule has 5 rings (SSSR count). The second-order valence-electron chi connectivity index (χ2n) is 8.96. The lowest BCUT2D eigenvalue weighted by Crippen LogP contribution is -2.27. The minimum absolute atomic E-state index is 0.234. The van der Waals surface area contributed by atoms with Gasteiger partial charge in [0.15, 0.2) is 0 Å². The lowest BCUT2D eigenvalue weighted by Gasteiger charge is -2.14. The minimum Gasteiger partial charge on any atom is -0.318 e. The molecule has 0 aliphatic carbocycles. The fourth-order valence-electron chi connectivity index (χ4n) is 4.76. The summed E-state index contributed by atoms with van der Waals surface area (Å²) in [5.74, 6) is -0.243. The van der Waals surface area contributed by atoms with E-state index in [4.69, 9.17) is 0 Å². The molecular weight excluding hydrogens is 520 g/mol. The average molecular weight is 546 g/mol. The van der Waals surface area contributed by atoms with Gasteiger partial charge in [-0.1, -0.05) is 58.4 Å². The molecule has 1 saturated heterocycles. The highest BCUT2D eigenvalue weighted by Gasteiger charge is 2.35. The quantitative estimate of drug-likeness (QED) is 0.245. The monoisotopic (exact) mass is 544 g/mol. The van der Waals surface area contributed by atoms with E-state index in [1.54, 1.807) is 0 Å². The van der Waals surface area contributed by atoms with Crippen molar-refractivity contribution in [2.75, 3.05) is 0 Å². The van der Waals surface area contributed by atoms with Gasteiger partial charge in [-0.05, 0) is 96.8 Å². The Balaban J connectivity index is 1.47. The Morgan fingerprint density at radius 1 is 0.914 bits per heavy atom. The summed E-state index contributed by atoms with van der Waals surface area (Å²) in [5.41, 5.74) is 7.44. The molecule has 1 aliphatic rings. The molecule has 0 spiro atoms. The Morgan fingerprint density at radius 2 is 1.60 bits per heavy atom. The number of rotatable bonds is 4. The first-order chi connectivity index (χ1) is 16.7. The van der Waals surface area contributed by atoms with Crippen molar-refractivity contribution in [3.05, 3.63) is 104 Å². The van der Waals surface area contributed by atoms with Crippen LogP contribution in [0.5, 0.6) is 0 Å². The molecule has 1 aliphatic heterocycles. The van der Waals surface area contributed by atoms with Gasteiger partial charge in [-0.25, -0.2) is 0 Å². The summed E-state index contributed by atoms with van der Waals surface area (Å²) in [7, 11) is 0. The zero-order valence-corrected chi connectivity index (χ0v) is 22.5. The molecule has 2 amide bonds. The first-order valence-corrected chi connectivity index (χ1v) is 13.0. The number of thioether (sulfide) groups is 1. The fourth-order valence-corrected chi connectivity index (χ4v) is 5.82. The Morgan fingerprint density at radius 3 is 2.34 bits per heavy atom. The Hall–Kier alpha value is -3.09. The second kappa shape index (κ2) is 9.17. The molecule has 0 saturated carbocycles. The Bertz CT molecular complexity index is 1520. The third kappa shape index (κ3) is 4.26. The summed E-state index contributed by atoms with van der Waals surface area (Å²) in [5, 5.41) is 1.92. The summed E-state index contributed by atoms with van der Waals surface area (Å²) in [6, 6.07) is 20.4. The molecule has 176 valence electrons. The number of aromatic nitrogens is 1. The summed E-state index contributed by atoms with van der Waals surface area (Å²) >= 11 is 4.66. The standard InChI is InChI=1S/C29H25BrN2O2S/c1-17-12-24(13-18(2)27(17)30)32-19(3)14-23(20(32)4)15-26-28(33)31(29(34)35-26)16-22-10-7-9-21-8-5-6-11-25(21)22/h5-15H,16H2,1-4H3/b26-15-. The van der Waals surface area contributed by atoms with Crippen LogP contribution in [0.3, 0.4) is 0 Å². The first kappa shape index (κ1) is 23.6. The van der Waals surface area contributed by atoms with Crippen LogP contribution in [0.25, 0.3) is 22.5 Å². The number of imide groups is 1. The van der Waals surface area contributed by atoms with E-state index >= 15 is 0 Å². The number of amides is 2. The van der Waals surface area contributed by atoms with E-state index in [1.165, 1.54) is 16.0 Å². The highest BCUT2D eigenvalue weighted by Crippen LogP contribution is 2.36. The predicted molar refractivity (Wildman–Crippen MR) is 148 cm³/mol. The topological polar surface area (TPSA) is 42.3 Å². The molecule has 4 aromatic rings. The minimum atomic E-state index is -0.243. The van der Waals surface area contributed by atoms with Crippen molar-refractivity contribution < 1.29 is 9.59 Å². The van der Waals surface area contributed by atoms with E-state index in [1.807, 2.05) is 55.5 Å². The lowest BCUT2D eigenvalue weighted by molar-refractivity contribution is -0.123. The van der Waals surface area contributed by atoms with Gasteiger partial charge in [0.05, 0.1) is 11.4 Å². The van der Waals surface area contributed by atoms with Crippen LogP contribution < -0.4 is 0 Å². The SMILES string of the molecule is Cc1cc(-n2c(C)cc(/C=C3\SC(=O)N(Cc4cccc5ccccc45)C3=O)c2C)cc(C)c1Br. The second-order valence-corrected chi connectivity index (χ2v) is 10.7. The molecule has 6 heteroatoms.